The van der Waals surface area contributed by atoms with Crippen LogP contribution in [0.3, 0.4) is 0 Å². The van der Waals surface area contributed by atoms with Crippen LogP contribution in [0.15, 0.2) is 36.5 Å². The van der Waals surface area contributed by atoms with Crippen LogP contribution >= 0.6 is 0 Å². The van der Waals surface area contributed by atoms with Crippen molar-refractivity contribution in [3.8, 4) is 5.69 Å². The van der Waals surface area contributed by atoms with Crippen LogP contribution < -0.4 is 5.32 Å². The molecule has 1 heterocycles. The van der Waals surface area contributed by atoms with Crippen LogP contribution in [0.2, 0.25) is 0 Å². The Morgan fingerprint density at radius 1 is 1.28 bits per heavy atom. The maximum absolute atomic E-state index is 11.6. The zero-order valence-corrected chi connectivity index (χ0v) is 14.9. The Balaban J connectivity index is 2.01. The zero-order chi connectivity index (χ0) is 18.6. The molecule has 0 aliphatic heterocycles. The third-order valence-corrected chi connectivity index (χ3v) is 3.50. The van der Waals surface area contributed by atoms with Gasteiger partial charge in [-0.1, -0.05) is 18.2 Å². The van der Waals surface area contributed by atoms with Crippen LogP contribution in [0.25, 0.3) is 5.69 Å². The largest absolute Gasteiger partial charge is 0.444 e. The van der Waals surface area contributed by atoms with Crippen molar-refractivity contribution in [2.45, 2.75) is 45.5 Å². The van der Waals surface area contributed by atoms with Gasteiger partial charge in [-0.05, 0) is 39.8 Å². The molecule has 3 N–H and O–H groups in total. The molecule has 2 unspecified atom stereocenters. The first-order valence-electron chi connectivity index (χ1n) is 8.12. The number of benzene rings is 1. The monoisotopic (exact) mass is 347 g/mol. The number of ether oxygens (including phenoxy) is 1. The molecule has 0 saturated carbocycles. The van der Waals surface area contributed by atoms with Crippen LogP contribution in [-0.4, -0.2) is 44.3 Å². The van der Waals surface area contributed by atoms with Crippen LogP contribution in [-0.2, 0) is 4.74 Å². The van der Waals surface area contributed by atoms with Gasteiger partial charge < -0.3 is 20.3 Å². The van der Waals surface area contributed by atoms with E-state index in [0.29, 0.717) is 11.3 Å². The van der Waals surface area contributed by atoms with Gasteiger partial charge in [0.1, 0.15) is 17.8 Å². The van der Waals surface area contributed by atoms with E-state index in [1.807, 2.05) is 30.3 Å². The number of carbonyl (C=O) groups excluding carboxylic acids is 1. The average Bonchev–Trinajstić information content (AvgIpc) is 2.93. The molecule has 136 valence electrons. The number of nitrogens with one attached hydrogen (secondary N) is 1. The molecule has 25 heavy (non-hydrogen) atoms. The summed E-state index contributed by atoms with van der Waals surface area (Å²) in [5.74, 6) is 0. The maximum atomic E-state index is 11.6. The highest BCUT2D eigenvalue weighted by Crippen LogP contribution is 2.21. The topological polar surface area (TPSA) is 96.6 Å². The number of hydrogen-bond donors (Lipinski definition) is 3. The number of aliphatic hydroxyl groups excluding tert-OH is 2. The van der Waals surface area contributed by atoms with Gasteiger partial charge >= 0.3 is 6.09 Å². The summed E-state index contributed by atoms with van der Waals surface area (Å²) in [5, 5.41) is 27.4. The molecule has 0 aliphatic carbocycles. The van der Waals surface area contributed by atoms with E-state index in [1.165, 1.54) is 0 Å². The predicted molar refractivity (Wildman–Crippen MR) is 93.5 cm³/mol. The third-order valence-electron chi connectivity index (χ3n) is 3.50. The number of amides is 1. The minimum atomic E-state index is -1.18. The molecule has 1 amide bonds. The van der Waals surface area contributed by atoms with Crippen LogP contribution in [0.1, 0.15) is 38.1 Å². The highest BCUT2D eigenvalue weighted by Gasteiger charge is 2.24. The van der Waals surface area contributed by atoms with Gasteiger partial charge in [-0.3, -0.25) is 0 Å². The van der Waals surface area contributed by atoms with Crippen molar-refractivity contribution in [2.24, 2.45) is 0 Å². The Kier molecular flexibility index (Phi) is 5.81. The van der Waals surface area contributed by atoms with Gasteiger partial charge in [0.15, 0.2) is 0 Å². The Morgan fingerprint density at radius 2 is 1.92 bits per heavy atom. The van der Waals surface area contributed by atoms with E-state index in [4.69, 9.17) is 4.74 Å². The van der Waals surface area contributed by atoms with Gasteiger partial charge in [0, 0.05) is 18.3 Å². The molecule has 0 bridgehead atoms. The first kappa shape index (κ1) is 19.0. The Hall–Kier alpha value is -2.38. The molecule has 1 aromatic carbocycles. The second-order valence-corrected chi connectivity index (χ2v) is 6.84. The number of alkyl carbamates (subject to hydrolysis) is 1. The lowest BCUT2D eigenvalue weighted by molar-refractivity contribution is 0.0126. The molecule has 0 aliphatic rings. The molecule has 1 aromatic heterocycles. The van der Waals surface area contributed by atoms with Crippen molar-refractivity contribution < 1.29 is 19.7 Å². The number of aromatic nitrogens is 2. The summed E-state index contributed by atoms with van der Waals surface area (Å²) in [6.45, 7) is 6.87. The third kappa shape index (κ3) is 5.30. The van der Waals surface area contributed by atoms with Crippen LogP contribution in [0.5, 0.6) is 0 Å². The van der Waals surface area contributed by atoms with Gasteiger partial charge in [-0.25, -0.2) is 9.48 Å². The summed E-state index contributed by atoms with van der Waals surface area (Å²) in [4.78, 5) is 11.6. The molecule has 0 fully saturated rings. The molecule has 0 spiro atoms. The first-order chi connectivity index (χ1) is 11.7. The van der Waals surface area contributed by atoms with Gasteiger partial charge in [-0.15, -0.1) is 0 Å². The molecule has 7 heteroatoms. The Labute approximate surface area is 147 Å². The quantitative estimate of drug-likeness (QED) is 0.770. The van der Waals surface area contributed by atoms with Gasteiger partial charge in [0.05, 0.1) is 11.4 Å². The summed E-state index contributed by atoms with van der Waals surface area (Å²) in [7, 11) is 0. The summed E-state index contributed by atoms with van der Waals surface area (Å²) >= 11 is 0. The van der Waals surface area contributed by atoms with E-state index in [1.54, 1.807) is 38.6 Å². The normalized spacial score (nSPS) is 14.0. The Morgan fingerprint density at radius 3 is 2.52 bits per heavy atom. The molecule has 2 rings (SSSR count). The SMILES string of the molecule is Cc1nn(-c2ccccc2)cc1C(O)C(O)CNC(=O)OC(C)(C)C. The Bertz CT molecular complexity index is 707. The van der Waals surface area contributed by atoms with E-state index >= 15 is 0 Å². The lowest BCUT2D eigenvalue weighted by Gasteiger charge is -2.22. The van der Waals surface area contributed by atoms with Crippen molar-refractivity contribution in [3.05, 3.63) is 47.8 Å². The number of carbonyl (C=O) groups is 1. The van der Waals surface area contributed by atoms with Crippen molar-refractivity contribution in [1.29, 1.82) is 0 Å². The van der Waals surface area contributed by atoms with Crippen molar-refractivity contribution in [3.63, 3.8) is 0 Å². The zero-order valence-electron chi connectivity index (χ0n) is 14.9. The van der Waals surface area contributed by atoms with Crippen molar-refractivity contribution in [2.75, 3.05) is 6.54 Å². The van der Waals surface area contributed by atoms with Gasteiger partial charge in [0.25, 0.3) is 0 Å². The van der Waals surface area contributed by atoms with Crippen molar-refractivity contribution in [1.82, 2.24) is 15.1 Å². The van der Waals surface area contributed by atoms with E-state index in [0.717, 1.165) is 5.69 Å². The second-order valence-electron chi connectivity index (χ2n) is 6.84. The fourth-order valence-electron chi connectivity index (χ4n) is 2.30. The molecular formula is C18H25N3O4. The van der Waals surface area contributed by atoms with Crippen LogP contribution in [0, 0.1) is 6.92 Å². The average molecular weight is 347 g/mol. The maximum Gasteiger partial charge on any atom is 0.407 e. The molecule has 0 radical (unpaired) electrons. The minimum Gasteiger partial charge on any atom is -0.444 e. The molecule has 7 nitrogen and oxygen atoms in total. The molecule has 2 atom stereocenters. The lowest BCUT2D eigenvalue weighted by Crippen LogP contribution is -2.38. The lowest BCUT2D eigenvalue weighted by atomic mass is 10.1. The molecule has 2 aromatic rings. The summed E-state index contributed by atoms with van der Waals surface area (Å²) < 4.78 is 6.74. The molecular weight excluding hydrogens is 322 g/mol. The minimum absolute atomic E-state index is 0.133. The van der Waals surface area contributed by atoms with E-state index in [9.17, 15) is 15.0 Å². The summed E-state index contributed by atoms with van der Waals surface area (Å²) in [5.41, 5.74) is 1.33. The van der Waals surface area contributed by atoms with Gasteiger partial charge in [-0.2, -0.15) is 5.10 Å². The predicted octanol–water partition coefficient (Wildman–Crippen LogP) is 2.10. The van der Waals surface area contributed by atoms with E-state index in [2.05, 4.69) is 10.4 Å². The number of hydrogen-bond acceptors (Lipinski definition) is 5. The summed E-state index contributed by atoms with van der Waals surface area (Å²) in [6, 6.07) is 9.47. The fourth-order valence-corrected chi connectivity index (χ4v) is 2.30. The smallest absolute Gasteiger partial charge is 0.407 e. The van der Waals surface area contributed by atoms with Crippen molar-refractivity contribution >= 4 is 6.09 Å². The highest BCUT2D eigenvalue weighted by atomic mass is 16.6. The number of aliphatic hydroxyl groups is 2. The number of nitrogens with zero attached hydrogens (tertiary/aromatic N) is 2. The van der Waals surface area contributed by atoms with Crippen LogP contribution in [0.4, 0.5) is 4.79 Å². The number of aryl methyl sites for hydroxylation is 1. The van der Waals surface area contributed by atoms with Gasteiger partial charge in [0.2, 0.25) is 0 Å². The first-order valence-corrected chi connectivity index (χ1v) is 8.12. The highest BCUT2D eigenvalue weighted by molar-refractivity contribution is 5.67. The fraction of sp³-hybridized carbons (Fsp3) is 0.444. The second kappa shape index (κ2) is 7.67. The number of rotatable bonds is 5. The van der Waals surface area contributed by atoms with E-state index < -0.39 is 23.9 Å². The number of para-hydroxylation sites is 1. The standard InChI is InChI=1S/C18H25N3O4/c1-12-14(11-21(20-12)13-8-6-5-7-9-13)16(23)15(22)10-19-17(24)25-18(2,3)4/h5-9,11,15-16,22-23H,10H2,1-4H3,(H,19,24). The summed E-state index contributed by atoms with van der Waals surface area (Å²) in [6.07, 6.45) is -1.33. The van der Waals surface area contributed by atoms with E-state index in [-0.39, 0.29) is 6.54 Å². The molecule has 0 saturated heterocycles.